The number of ketones is 1. The number of rotatable bonds is 6. The number of carbonyl (C=O) groups excluding carboxylic acids is 2. The van der Waals surface area contributed by atoms with Crippen LogP contribution in [-0.2, 0) is 22.7 Å². The lowest BCUT2D eigenvalue weighted by Gasteiger charge is -2.47. The van der Waals surface area contributed by atoms with Gasteiger partial charge in [-0.15, -0.1) is 0 Å². The van der Waals surface area contributed by atoms with Crippen molar-refractivity contribution in [1.29, 1.82) is 0 Å². The van der Waals surface area contributed by atoms with Crippen LogP contribution in [0.25, 0.3) is 0 Å². The van der Waals surface area contributed by atoms with E-state index >= 15 is 0 Å². The van der Waals surface area contributed by atoms with E-state index in [0.29, 0.717) is 6.61 Å². The molecule has 0 radical (unpaired) electrons. The lowest BCUT2D eigenvalue weighted by atomic mass is 9.76. The zero-order chi connectivity index (χ0) is 20.9. The Kier molecular flexibility index (Phi) is 6.48. The van der Waals surface area contributed by atoms with Gasteiger partial charge in [0.25, 0.3) is 0 Å². The molecule has 0 saturated carbocycles. The van der Waals surface area contributed by atoms with Crippen LogP contribution in [0.5, 0.6) is 0 Å². The molecule has 1 amide bonds. The van der Waals surface area contributed by atoms with Crippen molar-refractivity contribution in [1.82, 2.24) is 4.90 Å². The van der Waals surface area contributed by atoms with Crippen molar-refractivity contribution in [2.75, 3.05) is 7.11 Å². The average molecular weight is 408 g/mol. The second-order valence-electron chi connectivity index (χ2n) is 8.35. The van der Waals surface area contributed by atoms with E-state index in [0.717, 1.165) is 48.8 Å². The zero-order valence-corrected chi connectivity index (χ0v) is 17.5. The first-order chi connectivity index (χ1) is 14.7. The van der Waals surface area contributed by atoms with Gasteiger partial charge in [0.15, 0.2) is 5.78 Å². The van der Waals surface area contributed by atoms with Crippen LogP contribution < -0.4 is 0 Å². The Morgan fingerprint density at radius 2 is 1.53 bits per heavy atom. The summed E-state index contributed by atoms with van der Waals surface area (Å²) in [5.41, 5.74) is 2.79. The molecular formula is C25H29NO4. The van der Waals surface area contributed by atoms with Crippen LogP contribution in [0.4, 0.5) is 4.79 Å². The SMILES string of the molecule is COCc1ccc(C(=O)C2CC3CCCC(C2)N3C(=O)OCc2ccccc2)cc1. The van der Waals surface area contributed by atoms with Crippen LogP contribution in [0.15, 0.2) is 54.6 Å². The fraction of sp³-hybridized carbons (Fsp3) is 0.440. The van der Waals surface area contributed by atoms with Gasteiger partial charge in [-0.25, -0.2) is 4.79 Å². The van der Waals surface area contributed by atoms with Gasteiger partial charge in [-0.2, -0.15) is 0 Å². The first-order valence-electron chi connectivity index (χ1n) is 10.8. The number of amides is 1. The maximum absolute atomic E-state index is 13.1. The summed E-state index contributed by atoms with van der Waals surface area (Å²) < 4.78 is 10.8. The van der Waals surface area contributed by atoms with Gasteiger partial charge in [0.2, 0.25) is 0 Å². The third-order valence-corrected chi connectivity index (χ3v) is 6.31. The van der Waals surface area contributed by atoms with Crippen molar-refractivity contribution in [3.63, 3.8) is 0 Å². The maximum atomic E-state index is 13.1. The standard InChI is InChI=1S/C25H29NO4/c1-29-16-19-10-12-20(13-11-19)24(27)21-14-22-8-5-9-23(15-21)26(22)25(28)30-17-18-6-3-2-4-7-18/h2-4,6-7,10-13,21-23H,5,8-9,14-17H2,1H3. The molecule has 2 bridgehead atoms. The Hall–Kier alpha value is -2.66. The summed E-state index contributed by atoms with van der Waals surface area (Å²) in [5, 5.41) is 0. The monoisotopic (exact) mass is 407 g/mol. The summed E-state index contributed by atoms with van der Waals surface area (Å²) in [5.74, 6) is 0.153. The minimum atomic E-state index is -0.247. The van der Waals surface area contributed by atoms with Gasteiger partial charge >= 0.3 is 6.09 Å². The number of hydrogen-bond acceptors (Lipinski definition) is 4. The van der Waals surface area contributed by atoms with Crippen LogP contribution >= 0.6 is 0 Å². The van der Waals surface area contributed by atoms with E-state index in [1.807, 2.05) is 59.5 Å². The Morgan fingerprint density at radius 3 is 2.17 bits per heavy atom. The molecule has 5 heteroatoms. The van der Waals surface area contributed by atoms with Crippen LogP contribution in [0.2, 0.25) is 0 Å². The third kappa shape index (κ3) is 4.57. The van der Waals surface area contributed by atoms with Crippen molar-refractivity contribution >= 4 is 11.9 Å². The van der Waals surface area contributed by atoms with Crippen LogP contribution in [0.1, 0.15) is 53.6 Å². The maximum Gasteiger partial charge on any atom is 0.410 e. The molecule has 0 aliphatic carbocycles. The van der Waals surface area contributed by atoms with Crippen molar-refractivity contribution in [2.24, 2.45) is 5.92 Å². The summed E-state index contributed by atoms with van der Waals surface area (Å²) in [6.07, 6.45) is 4.17. The molecule has 30 heavy (non-hydrogen) atoms. The smallest absolute Gasteiger partial charge is 0.410 e. The van der Waals surface area contributed by atoms with Gasteiger partial charge < -0.3 is 14.4 Å². The van der Waals surface area contributed by atoms with E-state index in [1.165, 1.54) is 0 Å². The predicted octanol–water partition coefficient (Wildman–Crippen LogP) is 4.99. The van der Waals surface area contributed by atoms with Crippen molar-refractivity contribution < 1.29 is 19.1 Å². The Bertz CT molecular complexity index is 850. The molecule has 2 atom stereocenters. The molecule has 2 aliphatic rings. The highest BCUT2D eigenvalue weighted by Gasteiger charge is 2.43. The molecule has 4 rings (SSSR count). The van der Waals surface area contributed by atoms with Crippen molar-refractivity contribution in [3.8, 4) is 0 Å². The first-order valence-corrected chi connectivity index (χ1v) is 10.8. The Labute approximate surface area is 178 Å². The van der Waals surface area contributed by atoms with Crippen molar-refractivity contribution in [2.45, 2.75) is 57.4 Å². The second-order valence-corrected chi connectivity index (χ2v) is 8.35. The molecule has 2 aromatic rings. The van der Waals surface area contributed by atoms with Gasteiger partial charge in [-0.1, -0.05) is 54.6 Å². The fourth-order valence-corrected chi connectivity index (χ4v) is 4.85. The van der Waals surface area contributed by atoms with E-state index in [2.05, 4.69) is 0 Å². The van der Waals surface area contributed by atoms with E-state index < -0.39 is 0 Å². The van der Waals surface area contributed by atoms with Gasteiger partial charge in [0.1, 0.15) is 6.61 Å². The zero-order valence-electron chi connectivity index (χ0n) is 17.5. The highest BCUT2D eigenvalue weighted by molar-refractivity contribution is 5.98. The van der Waals surface area contributed by atoms with Crippen molar-refractivity contribution in [3.05, 3.63) is 71.3 Å². The normalized spacial score (nSPS) is 23.1. The number of piperidine rings is 2. The molecule has 2 saturated heterocycles. The first kappa shape index (κ1) is 20.6. The molecule has 0 N–H and O–H groups in total. The summed E-state index contributed by atoms with van der Waals surface area (Å²) in [7, 11) is 1.66. The minimum Gasteiger partial charge on any atom is -0.445 e. The van der Waals surface area contributed by atoms with Crippen LogP contribution in [-0.4, -0.2) is 36.0 Å². The summed E-state index contributed by atoms with van der Waals surface area (Å²) in [4.78, 5) is 27.9. The molecule has 2 fully saturated rings. The van der Waals surface area contributed by atoms with Gasteiger partial charge in [0, 0.05) is 30.7 Å². The molecule has 2 heterocycles. The Balaban J connectivity index is 1.40. The highest BCUT2D eigenvalue weighted by atomic mass is 16.6. The lowest BCUT2D eigenvalue weighted by Crippen LogP contribution is -2.55. The molecule has 5 nitrogen and oxygen atoms in total. The predicted molar refractivity (Wildman–Crippen MR) is 114 cm³/mol. The second kappa shape index (κ2) is 9.43. The number of carbonyl (C=O) groups is 2. The number of methoxy groups -OCH3 is 1. The lowest BCUT2D eigenvalue weighted by molar-refractivity contribution is 0.00473. The van der Waals surface area contributed by atoms with Gasteiger partial charge in [0.05, 0.1) is 6.61 Å². The largest absolute Gasteiger partial charge is 0.445 e. The van der Waals surface area contributed by atoms with Crippen LogP contribution in [0, 0.1) is 5.92 Å². The van der Waals surface area contributed by atoms with Gasteiger partial charge in [-0.05, 0) is 43.2 Å². The summed E-state index contributed by atoms with van der Waals surface area (Å²) in [6, 6.07) is 17.6. The van der Waals surface area contributed by atoms with E-state index in [-0.39, 0.29) is 36.5 Å². The number of ether oxygens (including phenoxy) is 2. The fourth-order valence-electron chi connectivity index (χ4n) is 4.85. The molecule has 2 aliphatic heterocycles. The average Bonchev–Trinajstić information content (AvgIpc) is 2.77. The van der Waals surface area contributed by atoms with Gasteiger partial charge in [-0.3, -0.25) is 4.79 Å². The number of nitrogens with zero attached hydrogens (tertiary/aromatic N) is 1. The number of fused-ring (bicyclic) bond motifs is 2. The molecule has 158 valence electrons. The molecule has 2 unspecified atom stereocenters. The number of Topliss-reactive ketones (excluding diaryl/α,β-unsaturated/α-hetero) is 1. The third-order valence-electron chi connectivity index (χ3n) is 6.31. The van der Waals surface area contributed by atoms with E-state index in [9.17, 15) is 9.59 Å². The summed E-state index contributed by atoms with van der Waals surface area (Å²) >= 11 is 0. The quantitative estimate of drug-likeness (QED) is 0.634. The van der Waals surface area contributed by atoms with Crippen LogP contribution in [0.3, 0.4) is 0 Å². The molecule has 0 spiro atoms. The molecule has 2 aromatic carbocycles. The highest BCUT2D eigenvalue weighted by Crippen LogP contribution is 2.38. The molecular weight excluding hydrogens is 378 g/mol. The van der Waals surface area contributed by atoms with E-state index in [1.54, 1.807) is 7.11 Å². The molecule has 0 aromatic heterocycles. The summed E-state index contributed by atoms with van der Waals surface area (Å²) in [6.45, 7) is 0.827. The Morgan fingerprint density at radius 1 is 0.900 bits per heavy atom. The number of benzene rings is 2. The topological polar surface area (TPSA) is 55.8 Å². The van der Waals surface area contributed by atoms with E-state index in [4.69, 9.17) is 9.47 Å². The minimum absolute atomic E-state index is 0.0354. The number of hydrogen-bond donors (Lipinski definition) is 0.